The first kappa shape index (κ1) is 16.7. The van der Waals surface area contributed by atoms with Gasteiger partial charge in [0.25, 0.3) is 5.69 Å². The highest BCUT2D eigenvalue weighted by atomic mass is 16.6. The lowest BCUT2D eigenvalue weighted by molar-refractivity contribution is -0.384. The summed E-state index contributed by atoms with van der Waals surface area (Å²) >= 11 is 0. The second kappa shape index (κ2) is 7.54. The van der Waals surface area contributed by atoms with E-state index in [1.807, 2.05) is 16.4 Å². The Hall–Kier alpha value is -2.68. The molecule has 3 N–H and O–H groups in total. The van der Waals surface area contributed by atoms with Crippen LogP contribution in [0.15, 0.2) is 24.3 Å². The monoisotopic (exact) mass is 321 g/mol. The van der Waals surface area contributed by atoms with Crippen molar-refractivity contribution in [2.75, 3.05) is 31.1 Å². The van der Waals surface area contributed by atoms with E-state index in [1.165, 1.54) is 12.1 Å². The van der Waals surface area contributed by atoms with Crippen molar-refractivity contribution in [1.82, 2.24) is 10.3 Å². The Morgan fingerprint density at radius 2 is 1.91 bits per heavy atom. The number of hydrazine groups is 1. The Kier molecular flexibility index (Phi) is 5.47. The molecule has 0 radical (unpaired) electrons. The van der Waals surface area contributed by atoms with Crippen LogP contribution in [0, 0.1) is 10.1 Å². The maximum Gasteiger partial charge on any atom is 0.271 e. The van der Waals surface area contributed by atoms with E-state index in [9.17, 15) is 19.7 Å². The number of carbonyl (C=O) groups is 2. The zero-order valence-electron chi connectivity index (χ0n) is 12.6. The standard InChI is InChI=1S/C14H19N5O4/c15-16-13(20)4-5-14(21)18-8-6-17(7-9-18)11-2-1-3-12(10-11)19(22)23/h1-3,10H,4-9,15H2,(H,16,20). The van der Waals surface area contributed by atoms with Gasteiger partial charge in [0.05, 0.1) is 4.92 Å². The van der Waals surface area contributed by atoms with Gasteiger partial charge in [-0.3, -0.25) is 25.1 Å². The average molecular weight is 321 g/mol. The molecule has 1 fully saturated rings. The van der Waals surface area contributed by atoms with Gasteiger partial charge < -0.3 is 9.80 Å². The Labute approximate surface area is 133 Å². The van der Waals surface area contributed by atoms with Crippen molar-refractivity contribution in [2.24, 2.45) is 5.84 Å². The van der Waals surface area contributed by atoms with Crippen molar-refractivity contribution in [3.05, 3.63) is 34.4 Å². The fourth-order valence-corrected chi connectivity index (χ4v) is 2.47. The largest absolute Gasteiger partial charge is 0.368 e. The molecule has 1 heterocycles. The van der Waals surface area contributed by atoms with Crippen molar-refractivity contribution < 1.29 is 14.5 Å². The van der Waals surface area contributed by atoms with Crippen molar-refractivity contribution in [3.8, 4) is 0 Å². The maximum absolute atomic E-state index is 12.0. The third-order valence-corrected chi connectivity index (χ3v) is 3.76. The van der Waals surface area contributed by atoms with Crippen LogP contribution in [0.4, 0.5) is 11.4 Å². The minimum absolute atomic E-state index is 0.0498. The van der Waals surface area contributed by atoms with Gasteiger partial charge in [0.15, 0.2) is 0 Å². The van der Waals surface area contributed by atoms with Gasteiger partial charge in [0.2, 0.25) is 11.8 Å². The van der Waals surface area contributed by atoms with Crippen LogP contribution in [0.1, 0.15) is 12.8 Å². The van der Waals surface area contributed by atoms with Crippen LogP contribution in [0.3, 0.4) is 0 Å². The smallest absolute Gasteiger partial charge is 0.271 e. The van der Waals surface area contributed by atoms with Gasteiger partial charge in [-0.1, -0.05) is 6.07 Å². The molecule has 0 aliphatic carbocycles. The molecule has 1 saturated heterocycles. The third kappa shape index (κ3) is 4.39. The summed E-state index contributed by atoms with van der Waals surface area (Å²) in [6, 6.07) is 6.45. The Balaban J connectivity index is 1.88. The minimum atomic E-state index is -0.425. The van der Waals surface area contributed by atoms with E-state index < -0.39 is 4.92 Å². The minimum Gasteiger partial charge on any atom is -0.368 e. The second-order valence-corrected chi connectivity index (χ2v) is 5.21. The van der Waals surface area contributed by atoms with Crippen molar-refractivity contribution in [1.29, 1.82) is 0 Å². The highest BCUT2D eigenvalue weighted by molar-refractivity contribution is 5.83. The summed E-state index contributed by atoms with van der Waals surface area (Å²) in [6.07, 6.45) is 0.195. The second-order valence-electron chi connectivity index (χ2n) is 5.21. The number of carbonyl (C=O) groups excluding carboxylic acids is 2. The van der Waals surface area contributed by atoms with Gasteiger partial charge in [-0.15, -0.1) is 0 Å². The number of hydrogen-bond donors (Lipinski definition) is 2. The van der Waals surface area contributed by atoms with Crippen molar-refractivity contribution in [2.45, 2.75) is 12.8 Å². The van der Waals surface area contributed by atoms with Gasteiger partial charge in [0, 0.05) is 56.8 Å². The number of benzene rings is 1. The maximum atomic E-state index is 12.0. The number of amides is 2. The molecule has 1 aromatic rings. The van der Waals surface area contributed by atoms with Crippen LogP contribution in [0.5, 0.6) is 0 Å². The number of nitrogens with two attached hydrogens (primary N) is 1. The quantitative estimate of drug-likeness (QED) is 0.341. The first-order valence-electron chi connectivity index (χ1n) is 7.28. The Bertz CT molecular complexity index is 599. The zero-order chi connectivity index (χ0) is 16.8. The number of piperazine rings is 1. The Morgan fingerprint density at radius 1 is 1.22 bits per heavy atom. The van der Waals surface area contributed by atoms with E-state index in [0.29, 0.717) is 26.2 Å². The van der Waals surface area contributed by atoms with Gasteiger partial charge in [-0.25, -0.2) is 5.84 Å². The lowest BCUT2D eigenvalue weighted by atomic mass is 10.2. The molecule has 1 aliphatic heterocycles. The van der Waals surface area contributed by atoms with Gasteiger partial charge in [0.1, 0.15) is 0 Å². The van der Waals surface area contributed by atoms with E-state index >= 15 is 0 Å². The Morgan fingerprint density at radius 3 is 2.52 bits per heavy atom. The summed E-state index contributed by atoms with van der Waals surface area (Å²) in [5.41, 5.74) is 2.82. The zero-order valence-corrected chi connectivity index (χ0v) is 12.6. The number of nitrogens with zero attached hydrogens (tertiary/aromatic N) is 3. The molecule has 1 aromatic carbocycles. The normalized spacial score (nSPS) is 14.5. The summed E-state index contributed by atoms with van der Waals surface area (Å²) in [4.78, 5) is 37.1. The molecule has 0 aromatic heterocycles. The molecular formula is C14H19N5O4. The molecule has 0 spiro atoms. The molecule has 124 valence electrons. The molecule has 2 amide bonds. The predicted octanol–water partition coefficient (Wildman–Crippen LogP) is 0.0135. The number of non-ortho nitro benzene ring substituents is 1. The predicted molar refractivity (Wildman–Crippen MR) is 83.5 cm³/mol. The van der Waals surface area contributed by atoms with E-state index in [0.717, 1.165) is 5.69 Å². The number of hydrogen-bond acceptors (Lipinski definition) is 6. The van der Waals surface area contributed by atoms with Gasteiger partial charge >= 0.3 is 0 Å². The molecule has 0 atom stereocenters. The van der Waals surface area contributed by atoms with Crippen LogP contribution in [-0.4, -0.2) is 47.8 Å². The third-order valence-electron chi connectivity index (χ3n) is 3.76. The van der Waals surface area contributed by atoms with E-state index in [4.69, 9.17) is 5.84 Å². The number of nitrogens with one attached hydrogen (secondary N) is 1. The van der Waals surface area contributed by atoms with Gasteiger partial charge in [-0.05, 0) is 6.07 Å². The highest BCUT2D eigenvalue weighted by Crippen LogP contribution is 2.22. The fraction of sp³-hybridized carbons (Fsp3) is 0.429. The van der Waals surface area contributed by atoms with E-state index in [2.05, 4.69) is 0 Å². The molecule has 23 heavy (non-hydrogen) atoms. The topological polar surface area (TPSA) is 122 Å². The average Bonchev–Trinajstić information content (AvgIpc) is 2.59. The number of anilines is 1. The molecule has 2 rings (SSSR count). The molecule has 1 aliphatic rings. The van der Waals surface area contributed by atoms with E-state index in [-0.39, 0.29) is 30.3 Å². The molecule has 9 heteroatoms. The van der Waals surface area contributed by atoms with Crippen LogP contribution >= 0.6 is 0 Å². The molecule has 0 bridgehead atoms. The highest BCUT2D eigenvalue weighted by Gasteiger charge is 2.22. The van der Waals surface area contributed by atoms with E-state index in [1.54, 1.807) is 11.0 Å². The van der Waals surface area contributed by atoms with Crippen molar-refractivity contribution in [3.63, 3.8) is 0 Å². The fourth-order valence-electron chi connectivity index (χ4n) is 2.47. The van der Waals surface area contributed by atoms with Gasteiger partial charge in [-0.2, -0.15) is 0 Å². The number of nitro groups is 1. The van der Waals surface area contributed by atoms with Crippen LogP contribution in [-0.2, 0) is 9.59 Å². The molecule has 0 saturated carbocycles. The van der Waals surface area contributed by atoms with Crippen LogP contribution in [0.25, 0.3) is 0 Å². The first-order valence-corrected chi connectivity index (χ1v) is 7.28. The number of rotatable bonds is 5. The first-order chi connectivity index (χ1) is 11.0. The summed E-state index contributed by atoms with van der Waals surface area (Å²) in [6.45, 7) is 2.23. The molecule has 0 unspecified atom stereocenters. The number of nitro benzene ring substituents is 1. The van der Waals surface area contributed by atoms with Crippen molar-refractivity contribution >= 4 is 23.2 Å². The summed E-state index contributed by atoms with van der Waals surface area (Å²) < 4.78 is 0. The summed E-state index contributed by atoms with van der Waals surface area (Å²) in [5, 5.41) is 10.8. The molecule has 9 nitrogen and oxygen atoms in total. The lowest BCUT2D eigenvalue weighted by Gasteiger charge is -2.36. The SMILES string of the molecule is NNC(=O)CCC(=O)N1CCN(c2cccc([N+](=O)[O-])c2)CC1. The summed E-state index contributed by atoms with van der Waals surface area (Å²) in [7, 11) is 0. The molecular weight excluding hydrogens is 302 g/mol. The van der Waals surface area contributed by atoms with Crippen LogP contribution in [0.2, 0.25) is 0 Å². The summed E-state index contributed by atoms with van der Waals surface area (Å²) in [5.74, 6) is 4.52. The van der Waals surface area contributed by atoms with Crippen LogP contribution < -0.4 is 16.2 Å². The lowest BCUT2D eigenvalue weighted by Crippen LogP contribution is -2.49.